The van der Waals surface area contributed by atoms with Gasteiger partial charge in [0, 0.05) is 27.0 Å². The van der Waals surface area contributed by atoms with Gasteiger partial charge in [-0.05, 0) is 59.6 Å². The fraction of sp³-hybridized carbons (Fsp3) is 0.500. The van der Waals surface area contributed by atoms with Crippen LogP contribution in [0.1, 0.15) is 31.2 Å². The number of benzene rings is 1. The first-order valence-electron chi connectivity index (χ1n) is 6.49. The normalized spacial score (nSPS) is 23.1. The van der Waals surface area contributed by atoms with Crippen LogP contribution in [0.2, 0.25) is 0 Å². The number of nitrogens with two attached hydrogens (primary N) is 1. The predicted octanol–water partition coefficient (Wildman–Crippen LogP) is 4.17. The SMILES string of the molecule is CSC1CCCC(Nc2ccc(C(N)=S)c(Br)c2)C1. The molecule has 2 rings (SSSR count). The lowest BCUT2D eigenvalue weighted by Gasteiger charge is -2.29. The monoisotopic (exact) mass is 358 g/mol. The molecule has 1 saturated carbocycles. The summed E-state index contributed by atoms with van der Waals surface area (Å²) in [5, 5.41) is 4.42. The van der Waals surface area contributed by atoms with Crippen molar-refractivity contribution in [2.75, 3.05) is 11.6 Å². The predicted molar refractivity (Wildman–Crippen MR) is 93.2 cm³/mol. The first-order valence-corrected chi connectivity index (χ1v) is 8.97. The van der Waals surface area contributed by atoms with Crippen molar-refractivity contribution in [3.8, 4) is 0 Å². The highest BCUT2D eigenvalue weighted by atomic mass is 79.9. The standard InChI is InChI=1S/C14H19BrN2S2/c1-19-11-4-2-3-9(7-11)17-10-5-6-12(14(16)18)13(15)8-10/h5-6,8-9,11,17H,2-4,7H2,1H3,(H2,16,18). The Bertz CT molecular complexity index is 465. The molecule has 2 unspecified atom stereocenters. The molecule has 0 bridgehead atoms. The molecule has 0 radical (unpaired) electrons. The number of thioether (sulfide) groups is 1. The van der Waals surface area contributed by atoms with Crippen LogP contribution < -0.4 is 11.1 Å². The van der Waals surface area contributed by atoms with Crippen LogP contribution in [-0.4, -0.2) is 22.5 Å². The molecule has 0 spiro atoms. The van der Waals surface area contributed by atoms with Crippen LogP contribution >= 0.6 is 39.9 Å². The number of nitrogens with one attached hydrogen (secondary N) is 1. The minimum Gasteiger partial charge on any atom is -0.389 e. The number of halogens is 1. The average Bonchev–Trinajstić information content (AvgIpc) is 2.38. The van der Waals surface area contributed by atoms with Gasteiger partial charge < -0.3 is 11.1 Å². The smallest absolute Gasteiger partial charge is 0.105 e. The highest BCUT2D eigenvalue weighted by Gasteiger charge is 2.21. The highest BCUT2D eigenvalue weighted by molar-refractivity contribution is 9.10. The topological polar surface area (TPSA) is 38.0 Å². The van der Waals surface area contributed by atoms with E-state index in [0.717, 1.165) is 21.0 Å². The number of thiocarbonyl (C=S) groups is 1. The molecule has 2 atom stereocenters. The van der Waals surface area contributed by atoms with Crippen molar-refractivity contribution < 1.29 is 0 Å². The number of hydrogen-bond acceptors (Lipinski definition) is 3. The Balaban J connectivity index is 2.03. The van der Waals surface area contributed by atoms with Crippen LogP contribution in [0, 0.1) is 0 Å². The lowest BCUT2D eigenvalue weighted by atomic mass is 9.94. The second-order valence-electron chi connectivity index (χ2n) is 4.92. The van der Waals surface area contributed by atoms with Crippen molar-refractivity contribution in [2.24, 2.45) is 5.73 Å². The second-order valence-corrected chi connectivity index (χ2v) is 7.36. The van der Waals surface area contributed by atoms with Crippen LogP contribution in [0.3, 0.4) is 0 Å². The van der Waals surface area contributed by atoms with Crippen molar-refractivity contribution in [1.82, 2.24) is 0 Å². The van der Waals surface area contributed by atoms with Crippen molar-refractivity contribution in [3.05, 3.63) is 28.2 Å². The van der Waals surface area contributed by atoms with Crippen LogP contribution in [0.25, 0.3) is 0 Å². The van der Waals surface area contributed by atoms with E-state index in [1.165, 1.54) is 25.7 Å². The minimum atomic E-state index is 0.429. The Hall–Kier alpha value is -0.260. The summed E-state index contributed by atoms with van der Waals surface area (Å²) in [5.74, 6) is 0. The van der Waals surface area contributed by atoms with E-state index < -0.39 is 0 Å². The Morgan fingerprint density at radius 3 is 2.89 bits per heavy atom. The molecule has 0 saturated heterocycles. The molecular formula is C14H19BrN2S2. The van der Waals surface area contributed by atoms with Gasteiger partial charge in [0.05, 0.1) is 0 Å². The van der Waals surface area contributed by atoms with Gasteiger partial charge in [-0.3, -0.25) is 0 Å². The van der Waals surface area contributed by atoms with Gasteiger partial charge in [0.2, 0.25) is 0 Å². The minimum absolute atomic E-state index is 0.429. The maximum Gasteiger partial charge on any atom is 0.105 e. The molecule has 1 aromatic carbocycles. The van der Waals surface area contributed by atoms with Gasteiger partial charge in [0.15, 0.2) is 0 Å². The molecule has 0 heterocycles. The molecule has 1 aromatic rings. The summed E-state index contributed by atoms with van der Waals surface area (Å²) in [4.78, 5) is 0.429. The van der Waals surface area contributed by atoms with Gasteiger partial charge in [-0.25, -0.2) is 0 Å². The summed E-state index contributed by atoms with van der Waals surface area (Å²) < 4.78 is 0.960. The van der Waals surface area contributed by atoms with Gasteiger partial charge in [-0.15, -0.1) is 0 Å². The van der Waals surface area contributed by atoms with E-state index in [4.69, 9.17) is 18.0 Å². The molecule has 3 N–H and O–H groups in total. The number of hydrogen-bond donors (Lipinski definition) is 2. The molecule has 0 aliphatic heterocycles. The summed E-state index contributed by atoms with van der Waals surface area (Å²) in [7, 11) is 0. The summed E-state index contributed by atoms with van der Waals surface area (Å²) in [6.07, 6.45) is 7.38. The number of rotatable bonds is 4. The zero-order valence-electron chi connectivity index (χ0n) is 11.0. The third kappa shape index (κ3) is 4.10. The van der Waals surface area contributed by atoms with Gasteiger partial charge >= 0.3 is 0 Å². The molecule has 1 aliphatic rings. The van der Waals surface area contributed by atoms with E-state index in [1.54, 1.807) is 0 Å². The van der Waals surface area contributed by atoms with E-state index in [-0.39, 0.29) is 0 Å². The maximum atomic E-state index is 5.66. The third-order valence-corrected chi connectivity index (χ3v) is 5.54. The van der Waals surface area contributed by atoms with Crippen molar-refractivity contribution in [3.63, 3.8) is 0 Å². The Morgan fingerprint density at radius 1 is 1.47 bits per heavy atom. The van der Waals surface area contributed by atoms with Gasteiger partial charge in [0.25, 0.3) is 0 Å². The second kappa shape index (κ2) is 6.95. The van der Waals surface area contributed by atoms with Gasteiger partial charge in [0.1, 0.15) is 4.99 Å². The fourth-order valence-corrected chi connectivity index (χ4v) is 4.26. The molecule has 19 heavy (non-hydrogen) atoms. The summed E-state index contributed by atoms with van der Waals surface area (Å²) in [5.41, 5.74) is 7.70. The summed E-state index contributed by atoms with van der Waals surface area (Å²) in [6, 6.07) is 6.68. The molecule has 0 amide bonds. The molecule has 0 aromatic heterocycles. The lowest BCUT2D eigenvalue weighted by Crippen LogP contribution is -2.28. The average molecular weight is 359 g/mol. The fourth-order valence-electron chi connectivity index (χ4n) is 2.53. The summed E-state index contributed by atoms with van der Waals surface area (Å²) >= 11 is 10.5. The maximum absolute atomic E-state index is 5.66. The first-order chi connectivity index (χ1) is 9.10. The van der Waals surface area contributed by atoms with E-state index in [2.05, 4.69) is 39.6 Å². The number of anilines is 1. The van der Waals surface area contributed by atoms with Crippen LogP contribution in [0.5, 0.6) is 0 Å². The van der Waals surface area contributed by atoms with E-state index in [1.807, 2.05) is 17.8 Å². The molecule has 1 aliphatic carbocycles. The molecule has 1 fully saturated rings. The Morgan fingerprint density at radius 2 is 2.26 bits per heavy atom. The van der Waals surface area contributed by atoms with E-state index in [0.29, 0.717) is 11.0 Å². The molecule has 2 nitrogen and oxygen atoms in total. The summed E-state index contributed by atoms with van der Waals surface area (Å²) in [6.45, 7) is 0. The van der Waals surface area contributed by atoms with Crippen LogP contribution in [-0.2, 0) is 0 Å². The third-order valence-electron chi connectivity index (χ3n) is 3.56. The lowest BCUT2D eigenvalue weighted by molar-refractivity contribution is 0.473. The Labute approximate surface area is 133 Å². The van der Waals surface area contributed by atoms with Crippen molar-refractivity contribution >= 4 is 50.6 Å². The van der Waals surface area contributed by atoms with Crippen LogP contribution in [0.4, 0.5) is 5.69 Å². The van der Waals surface area contributed by atoms with E-state index >= 15 is 0 Å². The quantitative estimate of drug-likeness (QED) is 0.792. The van der Waals surface area contributed by atoms with Crippen molar-refractivity contribution in [2.45, 2.75) is 37.0 Å². The Kier molecular flexibility index (Phi) is 5.54. The highest BCUT2D eigenvalue weighted by Crippen LogP contribution is 2.30. The zero-order valence-corrected chi connectivity index (χ0v) is 14.2. The van der Waals surface area contributed by atoms with E-state index in [9.17, 15) is 0 Å². The van der Waals surface area contributed by atoms with Crippen molar-refractivity contribution in [1.29, 1.82) is 0 Å². The van der Waals surface area contributed by atoms with Gasteiger partial charge in [-0.1, -0.05) is 18.6 Å². The van der Waals surface area contributed by atoms with Crippen LogP contribution in [0.15, 0.2) is 22.7 Å². The first kappa shape index (κ1) is 15.1. The largest absolute Gasteiger partial charge is 0.389 e. The zero-order chi connectivity index (χ0) is 13.8. The molecule has 5 heteroatoms. The van der Waals surface area contributed by atoms with Gasteiger partial charge in [-0.2, -0.15) is 11.8 Å². The molecular weight excluding hydrogens is 340 g/mol. The molecule has 104 valence electrons.